The SMILES string of the molecule is Cc1ccc(OC2CCOCC2)c(CN(C)C)n1. The molecule has 0 aromatic carbocycles. The predicted molar refractivity (Wildman–Crippen MR) is 70.8 cm³/mol. The second-order valence-corrected chi connectivity index (χ2v) is 5.06. The molecular formula is C14H22N2O2. The summed E-state index contributed by atoms with van der Waals surface area (Å²) in [6.45, 7) is 4.41. The van der Waals surface area contributed by atoms with Crippen LogP contribution in [0.2, 0.25) is 0 Å². The van der Waals surface area contributed by atoms with Gasteiger partial charge in [-0.2, -0.15) is 0 Å². The highest BCUT2D eigenvalue weighted by atomic mass is 16.5. The van der Waals surface area contributed by atoms with Crippen molar-refractivity contribution in [3.63, 3.8) is 0 Å². The van der Waals surface area contributed by atoms with Crippen molar-refractivity contribution in [3.05, 3.63) is 23.5 Å². The third-order valence-corrected chi connectivity index (χ3v) is 3.00. The number of pyridine rings is 1. The zero-order valence-corrected chi connectivity index (χ0v) is 11.5. The van der Waals surface area contributed by atoms with Crippen molar-refractivity contribution < 1.29 is 9.47 Å². The van der Waals surface area contributed by atoms with Crippen molar-refractivity contribution in [3.8, 4) is 5.75 Å². The summed E-state index contributed by atoms with van der Waals surface area (Å²) in [6, 6.07) is 4.05. The molecule has 0 bridgehead atoms. The van der Waals surface area contributed by atoms with E-state index in [-0.39, 0.29) is 6.10 Å². The van der Waals surface area contributed by atoms with Gasteiger partial charge in [0.15, 0.2) is 0 Å². The van der Waals surface area contributed by atoms with Crippen LogP contribution in [0.3, 0.4) is 0 Å². The van der Waals surface area contributed by atoms with E-state index in [4.69, 9.17) is 9.47 Å². The molecule has 1 aromatic rings. The Bertz CT molecular complexity index is 387. The molecule has 1 aromatic heterocycles. The minimum absolute atomic E-state index is 0.268. The molecule has 0 aliphatic carbocycles. The average molecular weight is 250 g/mol. The number of hydrogen-bond donors (Lipinski definition) is 0. The molecule has 0 spiro atoms. The molecule has 2 heterocycles. The number of ether oxygens (including phenoxy) is 2. The Balaban J connectivity index is 2.09. The quantitative estimate of drug-likeness (QED) is 0.818. The molecule has 0 N–H and O–H groups in total. The molecule has 1 fully saturated rings. The second-order valence-electron chi connectivity index (χ2n) is 5.06. The first-order valence-electron chi connectivity index (χ1n) is 6.51. The first kappa shape index (κ1) is 13.3. The molecule has 1 aliphatic heterocycles. The Hall–Kier alpha value is -1.13. The Morgan fingerprint density at radius 1 is 1.33 bits per heavy atom. The third kappa shape index (κ3) is 3.68. The largest absolute Gasteiger partial charge is 0.488 e. The minimum Gasteiger partial charge on any atom is -0.488 e. The van der Waals surface area contributed by atoms with Crippen LogP contribution in [0, 0.1) is 6.92 Å². The number of aryl methyl sites for hydroxylation is 1. The van der Waals surface area contributed by atoms with Gasteiger partial charge < -0.3 is 14.4 Å². The molecule has 2 rings (SSSR count). The van der Waals surface area contributed by atoms with Crippen molar-refractivity contribution in [1.82, 2.24) is 9.88 Å². The van der Waals surface area contributed by atoms with Gasteiger partial charge in [0.25, 0.3) is 0 Å². The van der Waals surface area contributed by atoms with Crippen molar-refractivity contribution in [2.75, 3.05) is 27.3 Å². The Morgan fingerprint density at radius 2 is 2.06 bits per heavy atom. The lowest BCUT2D eigenvalue weighted by atomic mass is 10.1. The zero-order valence-electron chi connectivity index (χ0n) is 11.5. The van der Waals surface area contributed by atoms with E-state index < -0.39 is 0 Å². The highest BCUT2D eigenvalue weighted by Crippen LogP contribution is 2.22. The van der Waals surface area contributed by atoms with Gasteiger partial charge in [-0.15, -0.1) is 0 Å². The Morgan fingerprint density at radius 3 is 2.72 bits per heavy atom. The molecule has 1 saturated heterocycles. The van der Waals surface area contributed by atoms with Gasteiger partial charge in [-0.3, -0.25) is 4.98 Å². The fourth-order valence-corrected chi connectivity index (χ4v) is 2.09. The van der Waals surface area contributed by atoms with Crippen molar-refractivity contribution in [2.45, 2.75) is 32.4 Å². The van der Waals surface area contributed by atoms with Crippen LogP contribution < -0.4 is 4.74 Å². The predicted octanol–water partition coefficient (Wildman–Crippen LogP) is 2.01. The highest BCUT2D eigenvalue weighted by Gasteiger charge is 2.17. The monoisotopic (exact) mass is 250 g/mol. The van der Waals surface area contributed by atoms with Gasteiger partial charge >= 0.3 is 0 Å². The maximum Gasteiger partial charge on any atom is 0.142 e. The Kier molecular flexibility index (Phi) is 4.55. The topological polar surface area (TPSA) is 34.6 Å². The van der Waals surface area contributed by atoms with Gasteiger partial charge in [0.1, 0.15) is 11.9 Å². The highest BCUT2D eigenvalue weighted by molar-refractivity contribution is 5.29. The standard InChI is InChI=1S/C14H22N2O2/c1-11-4-5-14(13(15-11)10-16(2)3)18-12-6-8-17-9-7-12/h4-5,12H,6-10H2,1-3H3. The van der Waals surface area contributed by atoms with E-state index in [1.54, 1.807) is 0 Å². The molecule has 100 valence electrons. The van der Waals surface area contributed by atoms with Crippen LogP contribution in [0.1, 0.15) is 24.2 Å². The van der Waals surface area contributed by atoms with Crippen molar-refractivity contribution in [2.24, 2.45) is 0 Å². The van der Waals surface area contributed by atoms with Crippen LogP contribution in [0.15, 0.2) is 12.1 Å². The number of hydrogen-bond acceptors (Lipinski definition) is 4. The van der Waals surface area contributed by atoms with E-state index in [1.165, 1.54) is 0 Å². The Labute approximate surface area is 109 Å². The van der Waals surface area contributed by atoms with Crippen molar-refractivity contribution >= 4 is 0 Å². The van der Waals surface area contributed by atoms with E-state index in [0.717, 1.165) is 49.7 Å². The van der Waals surface area contributed by atoms with E-state index in [0.29, 0.717) is 0 Å². The summed E-state index contributed by atoms with van der Waals surface area (Å²) in [5.41, 5.74) is 2.05. The number of rotatable bonds is 4. The summed E-state index contributed by atoms with van der Waals surface area (Å²) in [6.07, 6.45) is 2.20. The maximum absolute atomic E-state index is 6.07. The molecule has 0 unspecified atom stereocenters. The molecule has 4 nitrogen and oxygen atoms in total. The normalized spacial score (nSPS) is 17.1. The van der Waals surface area contributed by atoms with Crippen LogP contribution in [0.4, 0.5) is 0 Å². The summed E-state index contributed by atoms with van der Waals surface area (Å²) < 4.78 is 11.4. The molecule has 4 heteroatoms. The zero-order chi connectivity index (χ0) is 13.0. The summed E-state index contributed by atoms with van der Waals surface area (Å²) in [5.74, 6) is 0.918. The number of nitrogens with zero attached hydrogens (tertiary/aromatic N) is 2. The summed E-state index contributed by atoms with van der Waals surface area (Å²) in [7, 11) is 4.09. The van der Waals surface area contributed by atoms with Gasteiger partial charge in [-0.05, 0) is 33.2 Å². The summed E-state index contributed by atoms with van der Waals surface area (Å²) in [5, 5.41) is 0. The molecule has 0 saturated carbocycles. The minimum atomic E-state index is 0.268. The van der Waals surface area contributed by atoms with Gasteiger partial charge in [0.2, 0.25) is 0 Å². The third-order valence-electron chi connectivity index (χ3n) is 3.00. The van der Waals surface area contributed by atoms with Gasteiger partial charge in [-0.1, -0.05) is 0 Å². The van der Waals surface area contributed by atoms with Crippen LogP contribution in [0.25, 0.3) is 0 Å². The fourth-order valence-electron chi connectivity index (χ4n) is 2.09. The first-order chi connectivity index (χ1) is 8.65. The van der Waals surface area contributed by atoms with Crippen molar-refractivity contribution in [1.29, 1.82) is 0 Å². The van der Waals surface area contributed by atoms with E-state index >= 15 is 0 Å². The van der Waals surface area contributed by atoms with Crippen LogP contribution in [-0.2, 0) is 11.3 Å². The van der Waals surface area contributed by atoms with E-state index in [2.05, 4.69) is 9.88 Å². The lowest BCUT2D eigenvalue weighted by Gasteiger charge is -2.24. The summed E-state index contributed by atoms with van der Waals surface area (Å²) >= 11 is 0. The smallest absolute Gasteiger partial charge is 0.142 e. The fraction of sp³-hybridized carbons (Fsp3) is 0.643. The maximum atomic E-state index is 6.07. The molecule has 0 atom stereocenters. The van der Waals surface area contributed by atoms with Gasteiger partial charge in [0.05, 0.1) is 18.9 Å². The lowest BCUT2D eigenvalue weighted by molar-refractivity contribution is 0.0247. The van der Waals surface area contributed by atoms with Crippen LogP contribution >= 0.6 is 0 Å². The number of aromatic nitrogens is 1. The second kappa shape index (κ2) is 6.16. The molecule has 0 radical (unpaired) electrons. The van der Waals surface area contributed by atoms with Crippen LogP contribution in [-0.4, -0.2) is 43.3 Å². The van der Waals surface area contributed by atoms with E-state index in [9.17, 15) is 0 Å². The molecule has 18 heavy (non-hydrogen) atoms. The molecular weight excluding hydrogens is 228 g/mol. The molecule has 1 aliphatic rings. The van der Waals surface area contributed by atoms with E-state index in [1.807, 2.05) is 33.2 Å². The average Bonchev–Trinajstić information content (AvgIpc) is 2.33. The summed E-state index contributed by atoms with van der Waals surface area (Å²) in [4.78, 5) is 6.69. The first-order valence-corrected chi connectivity index (χ1v) is 6.51. The molecule has 0 amide bonds. The van der Waals surface area contributed by atoms with Gasteiger partial charge in [0, 0.05) is 25.1 Å². The van der Waals surface area contributed by atoms with Crippen LogP contribution in [0.5, 0.6) is 5.75 Å². The lowest BCUT2D eigenvalue weighted by Crippen LogP contribution is -2.26. The van der Waals surface area contributed by atoms with Gasteiger partial charge in [-0.25, -0.2) is 0 Å².